The minimum atomic E-state index is -1.68. The topological polar surface area (TPSA) is 34.1 Å². The Labute approximate surface area is 121 Å². The normalized spacial score (nSPS) is 12.1. The fraction of sp³-hybridized carbons (Fsp3) is 0.0714. The zero-order valence-corrected chi connectivity index (χ0v) is 12.2. The SMILES string of the molecule is O=C(CS(=O)c1ccccc1F)c1ccccc1Br. The van der Waals surface area contributed by atoms with Crippen molar-refractivity contribution in [3.05, 3.63) is 64.4 Å². The second-order valence-electron chi connectivity index (χ2n) is 3.82. The highest BCUT2D eigenvalue weighted by atomic mass is 79.9. The van der Waals surface area contributed by atoms with Crippen LogP contribution in [0.25, 0.3) is 0 Å². The largest absolute Gasteiger partial charge is 0.293 e. The van der Waals surface area contributed by atoms with Crippen molar-refractivity contribution in [1.82, 2.24) is 0 Å². The Balaban J connectivity index is 2.19. The van der Waals surface area contributed by atoms with Gasteiger partial charge in [0.15, 0.2) is 5.78 Å². The number of carbonyl (C=O) groups excluding carboxylic acids is 1. The second-order valence-corrected chi connectivity index (χ2v) is 6.10. The van der Waals surface area contributed by atoms with Crippen LogP contribution in [0.4, 0.5) is 4.39 Å². The summed E-state index contributed by atoms with van der Waals surface area (Å²) in [6, 6.07) is 12.7. The molecule has 0 aliphatic rings. The molecule has 5 heteroatoms. The van der Waals surface area contributed by atoms with Crippen LogP contribution in [0.15, 0.2) is 57.9 Å². The third-order valence-corrected chi connectivity index (χ3v) is 4.56. The predicted octanol–water partition coefficient (Wildman–Crippen LogP) is 3.58. The van der Waals surface area contributed by atoms with Crippen molar-refractivity contribution < 1.29 is 13.4 Å². The first-order chi connectivity index (χ1) is 9.09. The Hall–Kier alpha value is -1.33. The van der Waals surface area contributed by atoms with Crippen LogP contribution in [0.2, 0.25) is 0 Å². The van der Waals surface area contributed by atoms with Gasteiger partial charge in [-0.3, -0.25) is 9.00 Å². The smallest absolute Gasteiger partial charge is 0.176 e. The lowest BCUT2D eigenvalue weighted by atomic mass is 10.1. The molecule has 0 bridgehead atoms. The van der Waals surface area contributed by atoms with Crippen molar-refractivity contribution in [3.8, 4) is 0 Å². The maximum atomic E-state index is 13.5. The standard InChI is InChI=1S/C14H10BrFO2S/c15-11-6-2-1-5-10(11)13(17)9-19(18)14-8-4-3-7-12(14)16/h1-8H,9H2. The zero-order valence-electron chi connectivity index (χ0n) is 9.81. The lowest BCUT2D eigenvalue weighted by molar-refractivity contribution is 0.102. The second kappa shape index (κ2) is 6.21. The highest BCUT2D eigenvalue weighted by molar-refractivity contribution is 9.10. The highest BCUT2D eigenvalue weighted by Gasteiger charge is 2.16. The first-order valence-electron chi connectivity index (χ1n) is 5.50. The van der Waals surface area contributed by atoms with E-state index in [9.17, 15) is 13.4 Å². The van der Waals surface area contributed by atoms with Gasteiger partial charge in [-0.15, -0.1) is 0 Å². The molecular formula is C14H10BrFO2S. The monoisotopic (exact) mass is 340 g/mol. The van der Waals surface area contributed by atoms with Crippen LogP contribution in [0.5, 0.6) is 0 Å². The van der Waals surface area contributed by atoms with E-state index in [0.717, 1.165) is 0 Å². The van der Waals surface area contributed by atoms with E-state index in [1.54, 1.807) is 30.3 Å². The molecule has 0 N–H and O–H groups in total. The fourth-order valence-electron chi connectivity index (χ4n) is 1.59. The van der Waals surface area contributed by atoms with Crippen molar-refractivity contribution in [2.24, 2.45) is 0 Å². The van der Waals surface area contributed by atoms with Gasteiger partial charge >= 0.3 is 0 Å². The molecule has 0 saturated heterocycles. The Morgan fingerprint density at radius 1 is 1.11 bits per heavy atom. The molecule has 0 aliphatic carbocycles. The van der Waals surface area contributed by atoms with Crippen LogP contribution in [-0.4, -0.2) is 15.7 Å². The predicted molar refractivity (Wildman–Crippen MR) is 76.1 cm³/mol. The summed E-state index contributed by atoms with van der Waals surface area (Å²) >= 11 is 3.26. The molecule has 2 nitrogen and oxygen atoms in total. The number of Topliss-reactive ketones (excluding diaryl/α,β-unsaturated/α-hetero) is 1. The Kier molecular flexibility index (Phi) is 4.61. The van der Waals surface area contributed by atoms with Gasteiger partial charge in [-0.05, 0) is 18.2 Å². The molecule has 0 fully saturated rings. The number of benzene rings is 2. The first kappa shape index (κ1) is 14.1. The fourth-order valence-corrected chi connectivity index (χ4v) is 3.16. The molecule has 1 unspecified atom stereocenters. The van der Waals surface area contributed by atoms with E-state index in [1.165, 1.54) is 18.2 Å². The van der Waals surface area contributed by atoms with Crippen molar-refractivity contribution >= 4 is 32.5 Å². The van der Waals surface area contributed by atoms with Crippen molar-refractivity contribution in [3.63, 3.8) is 0 Å². The molecule has 98 valence electrons. The van der Waals surface area contributed by atoms with Gasteiger partial charge in [0, 0.05) is 10.0 Å². The Bertz CT molecular complexity index is 587. The lowest BCUT2D eigenvalue weighted by Crippen LogP contribution is -2.12. The molecule has 1 atom stereocenters. The van der Waals surface area contributed by atoms with Gasteiger partial charge in [-0.2, -0.15) is 0 Å². The summed E-state index contributed by atoms with van der Waals surface area (Å²) in [6.45, 7) is 0. The van der Waals surface area contributed by atoms with Gasteiger partial charge in [-0.25, -0.2) is 4.39 Å². The molecule has 19 heavy (non-hydrogen) atoms. The van der Waals surface area contributed by atoms with E-state index in [-0.39, 0.29) is 16.4 Å². The zero-order chi connectivity index (χ0) is 13.8. The van der Waals surface area contributed by atoms with Gasteiger partial charge in [0.2, 0.25) is 0 Å². The maximum absolute atomic E-state index is 13.5. The summed E-state index contributed by atoms with van der Waals surface area (Å²) in [6.07, 6.45) is 0. The summed E-state index contributed by atoms with van der Waals surface area (Å²) in [5.74, 6) is -1.07. The number of hydrogen-bond donors (Lipinski definition) is 0. The molecule has 0 saturated carbocycles. The molecule has 0 aliphatic heterocycles. The summed E-state index contributed by atoms with van der Waals surface area (Å²) in [5, 5.41) is 0. The average molecular weight is 341 g/mol. The average Bonchev–Trinajstić information content (AvgIpc) is 2.39. The molecule has 0 spiro atoms. The number of rotatable bonds is 4. The van der Waals surface area contributed by atoms with E-state index < -0.39 is 16.6 Å². The molecule has 0 amide bonds. The van der Waals surface area contributed by atoms with Crippen LogP contribution < -0.4 is 0 Å². The van der Waals surface area contributed by atoms with Gasteiger partial charge < -0.3 is 0 Å². The quantitative estimate of drug-likeness (QED) is 0.797. The molecule has 2 aromatic rings. The van der Waals surface area contributed by atoms with E-state index in [0.29, 0.717) is 10.0 Å². The van der Waals surface area contributed by atoms with Crippen molar-refractivity contribution in [1.29, 1.82) is 0 Å². The molecule has 0 radical (unpaired) electrons. The number of carbonyl (C=O) groups is 1. The summed E-state index contributed by atoms with van der Waals surface area (Å²) in [4.78, 5) is 12.1. The van der Waals surface area contributed by atoms with Gasteiger partial charge in [0.1, 0.15) is 5.82 Å². The minimum Gasteiger partial charge on any atom is -0.293 e. The molecule has 0 heterocycles. The molecule has 2 rings (SSSR count). The minimum absolute atomic E-state index is 0.0582. The van der Waals surface area contributed by atoms with Gasteiger partial charge in [0.05, 0.1) is 21.4 Å². The van der Waals surface area contributed by atoms with E-state index in [1.807, 2.05) is 0 Å². The van der Waals surface area contributed by atoms with Gasteiger partial charge in [-0.1, -0.05) is 46.3 Å². The number of hydrogen-bond acceptors (Lipinski definition) is 2. The third kappa shape index (κ3) is 3.36. The van der Waals surface area contributed by atoms with E-state index in [4.69, 9.17) is 0 Å². The van der Waals surface area contributed by atoms with Crippen molar-refractivity contribution in [2.75, 3.05) is 5.75 Å². The summed E-state index contributed by atoms with van der Waals surface area (Å²) < 4.78 is 26.1. The Morgan fingerprint density at radius 3 is 2.42 bits per heavy atom. The summed E-state index contributed by atoms with van der Waals surface area (Å²) in [7, 11) is -1.68. The molecule has 2 aromatic carbocycles. The highest BCUT2D eigenvalue weighted by Crippen LogP contribution is 2.18. The van der Waals surface area contributed by atoms with Crippen LogP contribution in [-0.2, 0) is 10.8 Å². The third-order valence-electron chi connectivity index (χ3n) is 2.52. The first-order valence-corrected chi connectivity index (χ1v) is 7.61. The maximum Gasteiger partial charge on any atom is 0.176 e. The van der Waals surface area contributed by atoms with E-state index in [2.05, 4.69) is 15.9 Å². The van der Waals surface area contributed by atoms with Crippen molar-refractivity contribution in [2.45, 2.75) is 4.90 Å². The van der Waals surface area contributed by atoms with E-state index >= 15 is 0 Å². The van der Waals surface area contributed by atoms with Gasteiger partial charge in [0.25, 0.3) is 0 Å². The van der Waals surface area contributed by atoms with Crippen LogP contribution >= 0.6 is 15.9 Å². The summed E-state index contributed by atoms with van der Waals surface area (Å²) in [5.41, 5.74) is 0.451. The lowest BCUT2D eigenvalue weighted by Gasteiger charge is -2.05. The Morgan fingerprint density at radius 2 is 1.74 bits per heavy atom. The van der Waals surface area contributed by atoms with Crippen LogP contribution in [0.3, 0.4) is 0 Å². The van der Waals surface area contributed by atoms with Crippen LogP contribution in [0, 0.1) is 5.82 Å². The molecule has 0 aromatic heterocycles. The number of ketones is 1. The van der Waals surface area contributed by atoms with Crippen LogP contribution in [0.1, 0.15) is 10.4 Å². The number of halogens is 2. The molecular weight excluding hydrogens is 331 g/mol.